The van der Waals surface area contributed by atoms with E-state index in [1.165, 1.54) is 6.92 Å². The number of carbonyl (C=O) groups is 3. The Labute approximate surface area is 134 Å². The second-order valence-electron chi connectivity index (χ2n) is 6.41. The minimum Gasteiger partial charge on any atom is -0.346 e. The first-order valence-corrected chi connectivity index (χ1v) is 8.34. The van der Waals surface area contributed by atoms with E-state index in [0.717, 1.165) is 6.42 Å². The normalized spacial score (nSPS) is 13.7. The van der Waals surface area contributed by atoms with Crippen molar-refractivity contribution >= 4 is 17.5 Å². The van der Waals surface area contributed by atoms with Crippen molar-refractivity contribution in [1.82, 2.24) is 5.32 Å². The van der Waals surface area contributed by atoms with Gasteiger partial charge in [0.25, 0.3) is 0 Å². The molecule has 0 aromatic carbocycles. The fourth-order valence-electron chi connectivity index (χ4n) is 2.48. The molecule has 5 heteroatoms. The van der Waals surface area contributed by atoms with Crippen molar-refractivity contribution in [3.05, 3.63) is 0 Å². The van der Waals surface area contributed by atoms with Crippen LogP contribution in [0.15, 0.2) is 0 Å². The van der Waals surface area contributed by atoms with Gasteiger partial charge >= 0.3 is 0 Å². The zero-order valence-corrected chi connectivity index (χ0v) is 14.5. The van der Waals surface area contributed by atoms with Crippen molar-refractivity contribution in [2.45, 2.75) is 72.3 Å². The molecule has 0 radical (unpaired) electrons. The van der Waals surface area contributed by atoms with E-state index in [1.54, 1.807) is 0 Å². The molecule has 0 saturated carbocycles. The van der Waals surface area contributed by atoms with Gasteiger partial charge in [0.1, 0.15) is 5.78 Å². The van der Waals surface area contributed by atoms with Gasteiger partial charge in [0.15, 0.2) is 5.78 Å². The van der Waals surface area contributed by atoms with Crippen LogP contribution >= 0.6 is 0 Å². The highest BCUT2D eigenvalue weighted by molar-refractivity contribution is 5.92. The van der Waals surface area contributed by atoms with Gasteiger partial charge < -0.3 is 11.1 Å². The first-order valence-electron chi connectivity index (χ1n) is 8.34. The van der Waals surface area contributed by atoms with Crippen LogP contribution in [0.5, 0.6) is 0 Å². The number of hydrogen-bond acceptors (Lipinski definition) is 4. The molecule has 0 bridgehead atoms. The van der Waals surface area contributed by atoms with E-state index in [9.17, 15) is 14.4 Å². The van der Waals surface area contributed by atoms with Crippen LogP contribution in [-0.2, 0) is 14.4 Å². The van der Waals surface area contributed by atoms with Crippen LogP contribution in [0.25, 0.3) is 0 Å². The van der Waals surface area contributed by atoms with E-state index >= 15 is 0 Å². The molecule has 0 aromatic heterocycles. The highest BCUT2D eigenvalue weighted by atomic mass is 16.2. The largest absolute Gasteiger partial charge is 0.346 e. The van der Waals surface area contributed by atoms with Crippen molar-refractivity contribution in [2.75, 3.05) is 6.54 Å². The summed E-state index contributed by atoms with van der Waals surface area (Å²) in [5.41, 5.74) is 5.50. The van der Waals surface area contributed by atoms with Crippen molar-refractivity contribution in [3.63, 3.8) is 0 Å². The van der Waals surface area contributed by atoms with Crippen LogP contribution in [0.2, 0.25) is 0 Å². The Morgan fingerprint density at radius 2 is 1.82 bits per heavy atom. The molecule has 128 valence electrons. The van der Waals surface area contributed by atoms with Gasteiger partial charge in [0, 0.05) is 18.8 Å². The Hall–Kier alpha value is -1.23. The van der Waals surface area contributed by atoms with Crippen LogP contribution < -0.4 is 11.1 Å². The number of nitrogens with one attached hydrogen (secondary N) is 1. The van der Waals surface area contributed by atoms with E-state index in [-0.39, 0.29) is 29.8 Å². The quantitative estimate of drug-likeness (QED) is 0.578. The molecule has 22 heavy (non-hydrogen) atoms. The Morgan fingerprint density at radius 3 is 2.27 bits per heavy atom. The summed E-state index contributed by atoms with van der Waals surface area (Å²) >= 11 is 0. The standard InChI is InChI=1S/C17H32N2O3/c1-5-7-17(22)19-15(8-6-9-18)16(21)11-14(13(4)20)10-12(2)3/h12,14-15H,5-11,18H2,1-4H3,(H,19,22)/t14-,15+/m1/s1. The lowest BCUT2D eigenvalue weighted by molar-refractivity contribution is -0.130. The zero-order valence-electron chi connectivity index (χ0n) is 14.5. The Bertz CT molecular complexity index is 367. The molecule has 0 aromatic rings. The highest BCUT2D eigenvalue weighted by Crippen LogP contribution is 2.18. The first-order chi connectivity index (χ1) is 10.3. The van der Waals surface area contributed by atoms with Gasteiger partial charge in [0.2, 0.25) is 5.91 Å². The van der Waals surface area contributed by atoms with Crippen molar-refractivity contribution in [3.8, 4) is 0 Å². The molecule has 0 rings (SSSR count). The molecule has 0 fully saturated rings. The molecular formula is C17H32N2O3. The summed E-state index contributed by atoms with van der Waals surface area (Å²) in [6.07, 6.45) is 3.28. The summed E-state index contributed by atoms with van der Waals surface area (Å²) in [6, 6.07) is -0.517. The third-order valence-corrected chi connectivity index (χ3v) is 3.68. The molecule has 0 aliphatic carbocycles. The summed E-state index contributed by atoms with van der Waals surface area (Å²) in [6.45, 7) is 8.01. The van der Waals surface area contributed by atoms with Crippen LogP contribution in [0, 0.1) is 11.8 Å². The minimum absolute atomic E-state index is 0.0412. The van der Waals surface area contributed by atoms with Crippen LogP contribution in [-0.4, -0.2) is 30.1 Å². The predicted molar refractivity (Wildman–Crippen MR) is 88.4 cm³/mol. The minimum atomic E-state index is -0.517. The van der Waals surface area contributed by atoms with Crippen LogP contribution in [0.1, 0.15) is 66.2 Å². The fraction of sp³-hybridized carbons (Fsp3) is 0.824. The molecular weight excluding hydrogens is 280 g/mol. The number of nitrogens with two attached hydrogens (primary N) is 1. The molecule has 3 N–H and O–H groups in total. The van der Waals surface area contributed by atoms with E-state index in [1.807, 2.05) is 20.8 Å². The topological polar surface area (TPSA) is 89.3 Å². The Kier molecular flexibility index (Phi) is 10.7. The SMILES string of the molecule is CCCC(=O)N[C@@H](CCCN)C(=O)C[C@@H](CC(C)C)C(C)=O. The van der Waals surface area contributed by atoms with Gasteiger partial charge in [-0.2, -0.15) is 0 Å². The molecule has 0 spiro atoms. The number of carbonyl (C=O) groups excluding carboxylic acids is 3. The van der Waals surface area contributed by atoms with Gasteiger partial charge in [-0.25, -0.2) is 0 Å². The smallest absolute Gasteiger partial charge is 0.220 e. The maximum Gasteiger partial charge on any atom is 0.220 e. The molecule has 5 nitrogen and oxygen atoms in total. The van der Waals surface area contributed by atoms with Gasteiger partial charge in [-0.1, -0.05) is 20.8 Å². The molecule has 0 aliphatic rings. The third kappa shape index (κ3) is 8.93. The summed E-state index contributed by atoms with van der Waals surface area (Å²) < 4.78 is 0. The van der Waals surface area contributed by atoms with Gasteiger partial charge in [0.05, 0.1) is 6.04 Å². The molecule has 1 amide bonds. The van der Waals surface area contributed by atoms with Crippen molar-refractivity contribution in [2.24, 2.45) is 17.6 Å². The lowest BCUT2D eigenvalue weighted by Gasteiger charge is -2.21. The number of amides is 1. The maximum atomic E-state index is 12.5. The number of rotatable bonds is 12. The Balaban J connectivity index is 4.77. The van der Waals surface area contributed by atoms with Crippen molar-refractivity contribution in [1.29, 1.82) is 0 Å². The number of hydrogen-bond donors (Lipinski definition) is 2. The maximum absolute atomic E-state index is 12.5. The summed E-state index contributed by atoms with van der Waals surface area (Å²) in [5.74, 6) is -0.0193. The lowest BCUT2D eigenvalue weighted by Crippen LogP contribution is -2.42. The number of ketones is 2. The molecule has 0 saturated heterocycles. The average molecular weight is 312 g/mol. The second-order valence-corrected chi connectivity index (χ2v) is 6.41. The monoisotopic (exact) mass is 312 g/mol. The third-order valence-electron chi connectivity index (χ3n) is 3.68. The molecule has 0 aliphatic heterocycles. The van der Waals surface area contributed by atoms with Gasteiger partial charge in [-0.3, -0.25) is 14.4 Å². The van der Waals surface area contributed by atoms with E-state index in [2.05, 4.69) is 5.32 Å². The lowest BCUT2D eigenvalue weighted by atomic mass is 9.87. The summed E-state index contributed by atoms with van der Waals surface area (Å²) in [7, 11) is 0. The summed E-state index contributed by atoms with van der Waals surface area (Å²) in [5, 5.41) is 2.79. The molecule has 2 atom stereocenters. The van der Waals surface area contributed by atoms with E-state index in [0.29, 0.717) is 38.1 Å². The average Bonchev–Trinajstić information content (AvgIpc) is 2.42. The molecule has 0 unspecified atom stereocenters. The first kappa shape index (κ1) is 20.8. The molecule has 0 heterocycles. The van der Waals surface area contributed by atoms with E-state index in [4.69, 9.17) is 5.73 Å². The van der Waals surface area contributed by atoms with E-state index < -0.39 is 6.04 Å². The second kappa shape index (κ2) is 11.4. The Morgan fingerprint density at radius 1 is 1.18 bits per heavy atom. The fourth-order valence-corrected chi connectivity index (χ4v) is 2.48. The van der Waals surface area contributed by atoms with Gasteiger partial charge in [-0.05, 0) is 45.1 Å². The zero-order chi connectivity index (χ0) is 17.1. The summed E-state index contributed by atoms with van der Waals surface area (Å²) in [4.78, 5) is 36.0. The van der Waals surface area contributed by atoms with Crippen molar-refractivity contribution < 1.29 is 14.4 Å². The van der Waals surface area contributed by atoms with Crippen LogP contribution in [0.3, 0.4) is 0 Å². The highest BCUT2D eigenvalue weighted by Gasteiger charge is 2.25. The number of Topliss-reactive ketones (excluding diaryl/α,β-unsaturated/α-hetero) is 2. The van der Waals surface area contributed by atoms with Gasteiger partial charge in [-0.15, -0.1) is 0 Å². The van der Waals surface area contributed by atoms with Crippen LogP contribution in [0.4, 0.5) is 0 Å². The predicted octanol–water partition coefficient (Wildman–Crippen LogP) is 2.22.